The number of amides is 1. The fraction of sp³-hybridized carbons (Fsp3) is 0.312. The van der Waals surface area contributed by atoms with Crippen molar-refractivity contribution in [1.29, 1.82) is 0 Å². The Labute approximate surface area is 132 Å². The molecule has 5 nitrogen and oxygen atoms in total. The number of hydrogen-bond acceptors (Lipinski definition) is 4. The van der Waals surface area contributed by atoms with Gasteiger partial charge >= 0.3 is 0 Å². The zero-order valence-electron chi connectivity index (χ0n) is 12.0. The molecule has 0 aliphatic heterocycles. The summed E-state index contributed by atoms with van der Waals surface area (Å²) < 4.78 is 1.91. The second-order valence-corrected chi connectivity index (χ2v) is 6.47. The first-order chi connectivity index (χ1) is 10.8. The minimum atomic E-state index is -0.0692. The smallest absolute Gasteiger partial charge is 0.267 e. The van der Waals surface area contributed by atoms with Gasteiger partial charge in [0.25, 0.3) is 5.91 Å². The summed E-state index contributed by atoms with van der Waals surface area (Å²) in [5.74, 6) is 0.377. The quantitative estimate of drug-likeness (QED) is 0.802. The van der Waals surface area contributed by atoms with E-state index in [1.807, 2.05) is 28.9 Å². The van der Waals surface area contributed by atoms with Crippen LogP contribution in [0.3, 0.4) is 0 Å². The van der Waals surface area contributed by atoms with Gasteiger partial charge in [-0.2, -0.15) is 0 Å². The highest BCUT2D eigenvalue weighted by molar-refractivity contribution is 7.12. The van der Waals surface area contributed by atoms with Crippen molar-refractivity contribution in [3.63, 3.8) is 0 Å². The molecule has 6 heteroatoms. The van der Waals surface area contributed by atoms with E-state index in [4.69, 9.17) is 0 Å². The van der Waals surface area contributed by atoms with E-state index in [1.165, 1.54) is 24.2 Å². The predicted octanol–water partition coefficient (Wildman–Crippen LogP) is 3.70. The first-order valence-electron chi connectivity index (χ1n) is 7.49. The first kappa shape index (κ1) is 13.5. The number of carbonyl (C=O) groups excluding carboxylic acids is 1. The molecule has 3 aromatic heterocycles. The Morgan fingerprint density at radius 3 is 3.00 bits per heavy atom. The summed E-state index contributed by atoms with van der Waals surface area (Å²) in [6.07, 6.45) is 10.3. The van der Waals surface area contributed by atoms with E-state index in [0.29, 0.717) is 5.92 Å². The molecule has 3 heterocycles. The number of nitrogens with one attached hydrogen (secondary N) is 1. The summed E-state index contributed by atoms with van der Waals surface area (Å²) >= 11 is 1.43. The molecule has 0 radical (unpaired) electrons. The number of fused-ring (bicyclic) bond motifs is 1. The van der Waals surface area contributed by atoms with Gasteiger partial charge in [0.2, 0.25) is 0 Å². The van der Waals surface area contributed by atoms with Crippen LogP contribution in [0.4, 0.5) is 5.69 Å². The summed E-state index contributed by atoms with van der Waals surface area (Å²) in [6.45, 7) is 0. The van der Waals surface area contributed by atoms with Gasteiger partial charge < -0.3 is 9.72 Å². The monoisotopic (exact) mass is 312 g/mol. The lowest BCUT2D eigenvalue weighted by molar-refractivity contribution is 0.102. The molecule has 4 rings (SSSR count). The first-order valence-corrected chi connectivity index (χ1v) is 8.37. The number of nitrogens with zero attached hydrogens (tertiary/aromatic N) is 3. The van der Waals surface area contributed by atoms with Crippen LogP contribution in [-0.4, -0.2) is 20.3 Å². The summed E-state index contributed by atoms with van der Waals surface area (Å²) in [5, 5.41) is 2.97. The van der Waals surface area contributed by atoms with E-state index < -0.39 is 0 Å². The van der Waals surface area contributed by atoms with Gasteiger partial charge in [0, 0.05) is 36.3 Å². The van der Waals surface area contributed by atoms with Gasteiger partial charge in [0.05, 0.1) is 11.2 Å². The van der Waals surface area contributed by atoms with E-state index in [2.05, 4.69) is 15.3 Å². The molecule has 1 fully saturated rings. The topological polar surface area (TPSA) is 59.3 Å². The summed E-state index contributed by atoms with van der Waals surface area (Å²) in [5.41, 5.74) is 4.33. The van der Waals surface area contributed by atoms with Crippen molar-refractivity contribution in [2.75, 3.05) is 5.32 Å². The molecule has 1 aliphatic carbocycles. The lowest BCUT2D eigenvalue weighted by atomic mass is 10.0. The number of pyridine rings is 1. The molecule has 22 heavy (non-hydrogen) atoms. The number of thiazole rings is 1. The molecule has 1 aliphatic rings. The zero-order valence-corrected chi connectivity index (χ0v) is 12.8. The molecule has 0 spiro atoms. The van der Waals surface area contributed by atoms with Gasteiger partial charge in [-0.25, -0.2) is 9.97 Å². The number of rotatable bonds is 3. The van der Waals surface area contributed by atoms with E-state index in [1.54, 1.807) is 11.7 Å². The van der Waals surface area contributed by atoms with Crippen LogP contribution >= 0.6 is 11.3 Å². The van der Waals surface area contributed by atoms with Gasteiger partial charge in [-0.1, -0.05) is 12.8 Å². The average Bonchev–Trinajstić information content (AvgIpc) is 3.26. The van der Waals surface area contributed by atoms with Gasteiger partial charge in [-0.15, -0.1) is 11.3 Å². The molecule has 1 saturated carbocycles. The maximum Gasteiger partial charge on any atom is 0.267 e. The van der Waals surface area contributed by atoms with Gasteiger partial charge in [-0.3, -0.25) is 4.79 Å². The summed E-state index contributed by atoms with van der Waals surface area (Å²) in [7, 11) is 0. The number of aromatic nitrogens is 3. The Balaban J connectivity index is 1.58. The Bertz CT molecular complexity index is 816. The van der Waals surface area contributed by atoms with Gasteiger partial charge in [0.15, 0.2) is 0 Å². The Kier molecular flexibility index (Phi) is 3.38. The standard InChI is InChI=1S/C16H16N4OS/c21-16(15-14(18-10-22-15)11-3-1-2-4-11)19-12-5-7-20-8-6-17-13(20)9-12/h5-11H,1-4H2,(H,19,21). The highest BCUT2D eigenvalue weighted by Gasteiger charge is 2.25. The van der Waals surface area contributed by atoms with E-state index >= 15 is 0 Å². The Morgan fingerprint density at radius 1 is 1.27 bits per heavy atom. The second-order valence-electron chi connectivity index (χ2n) is 5.61. The summed E-state index contributed by atoms with van der Waals surface area (Å²) in [4.78, 5) is 22.0. The fourth-order valence-corrected chi connectivity index (χ4v) is 3.86. The number of hydrogen-bond donors (Lipinski definition) is 1. The van der Waals surface area contributed by atoms with Crippen molar-refractivity contribution < 1.29 is 4.79 Å². The fourth-order valence-electron chi connectivity index (χ4n) is 3.09. The van der Waals surface area contributed by atoms with Crippen LogP contribution in [-0.2, 0) is 0 Å². The lowest BCUT2D eigenvalue weighted by Gasteiger charge is -2.09. The van der Waals surface area contributed by atoms with Crippen molar-refractivity contribution in [2.45, 2.75) is 31.6 Å². The van der Waals surface area contributed by atoms with Crippen molar-refractivity contribution in [3.05, 3.63) is 46.8 Å². The molecule has 0 unspecified atom stereocenters. The third-order valence-corrected chi connectivity index (χ3v) is 5.04. The molecular formula is C16H16N4OS. The highest BCUT2D eigenvalue weighted by Crippen LogP contribution is 2.36. The number of imidazole rings is 1. The largest absolute Gasteiger partial charge is 0.321 e. The number of carbonyl (C=O) groups is 1. The molecule has 1 N–H and O–H groups in total. The maximum absolute atomic E-state index is 12.6. The van der Waals surface area contributed by atoms with Gasteiger partial charge in [0.1, 0.15) is 10.5 Å². The van der Waals surface area contributed by atoms with Crippen molar-refractivity contribution in [2.24, 2.45) is 0 Å². The third kappa shape index (κ3) is 2.39. The van der Waals surface area contributed by atoms with Crippen molar-refractivity contribution in [1.82, 2.24) is 14.4 Å². The van der Waals surface area contributed by atoms with Crippen LogP contribution in [0.5, 0.6) is 0 Å². The highest BCUT2D eigenvalue weighted by atomic mass is 32.1. The van der Waals surface area contributed by atoms with Crippen LogP contribution in [0, 0.1) is 0 Å². The summed E-state index contributed by atoms with van der Waals surface area (Å²) in [6, 6.07) is 3.75. The molecule has 0 saturated heterocycles. The van der Waals surface area contributed by atoms with E-state index in [9.17, 15) is 4.79 Å². The normalized spacial score (nSPS) is 15.5. The average molecular weight is 312 g/mol. The Morgan fingerprint density at radius 2 is 2.14 bits per heavy atom. The molecule has 0 aromatic carbocycles. The van der Waals surface area contributed by atoms with Crippen LogP contribution in [0.1, 0.15) is 47.0 Å². The van der Waals surface area contributed by atoms with Crippen LogP contribution < -0.4 is 5.32 Å². The number of anilines is 1. The van der Waals surface area contributed by atoms with Crippen molar-refractivity contribution >= 4 is 28.6 Å². The molecule has 0 atom stereocenters. The van der Waals surface area contributed by atoms with E-state index in [-0.39, 0.29) is 5.91 Å². The lowest BCUT2D eigenvalue weighted by Crippen LogP contribution is -2.13. The molecule has 1 amide bonds. The molecule has 3 aromatic rings. The van der Waals surface area contributed by atoms with Crippen LogP contribution in [0.2, 0.25) is 0 Å². The molecule has 112 valence electrons. The zero-order chi connectivity index (χ0) is 14.9. The molecular weight excluding hydrogens is 296 g/mol. The third-order valence-electron chi connectivity index (χ3n) is 4.20. The Hall–Kier alpha value is -2.21. The minimum absolute atomic E-state index is 0.0692. The minimum Gasteiger partial charge on any atom is -0.321 e. The predicted molar refractivity (Wildman–Crippen MR) is 86.5 cm³/mol. The van der Waals surface area contributed by atoms with Crippen molar-refractivity contribution in [3.8, 4) is 0 Å². The maximum atomic E-state index is 12.6. The van der Waals surface area contributed by atoms with Gasteiger partial charge in [-0.05, 0) is 18.9 Å². The molecule has 0 bridgehead atoms. The second kappa shape index (κ2) is 5.53. The van der Waals surface area contributed by atoms with Crippen LogP contribution in [0.15, 0.2) is 36.2 Å². The van der Waals surface area contributed by atoms with E-state index in [0.717, 1.165) is 34.7 Å². The van der Waals surface area contributed by atoms with Crippen LogP contribution in [0.25, 0.3) is 5.65 Å². The SMILES string of the molecule is O=C(Nc1ccn2ccnc2c1)c1scnc1C1CCCC1.